The van der Waals surface area contributed by atoms with Crippen molar-refractivity contribution in [2.75, 3.05) is 5.32 Å². The summed E-state index contributed by atoms with van der Waals surface area (Å²) in [6.45, 7) is 6.08. The van der Waals surface area contributed by atoms with Crippen LogP contribution in [0.4, 0.5) is 5.69 Å². The normalized spacial score (nSPS) is 10.2. The van der Waals surface area contributed by atoms with Crippen LogP contribution in [0.5, 0.6) is 0 Å². The van der Waals surface area contributed by atoms with Crippen molar-refractivity contribution in [3.8, 4) is 0 Å². The average molecular weight is 362 g/mol. The first-order valence-electron chi connectivity index (χ1n) is 7.53. The van der Waals surface area contributed by atoms with Gasteiger partial charge in [0.05, 0.1) is 6.42 Å². The largest absolute Gasteiger partial charge is 0.331 e. The summed E-state index contributed by atoms with van der Waals surface area (Å²) in [7, 11) is 0. The molecule has 2 aromatic rings. The lowest BCUT2D eigenvalue weighted by molar-refractivity contribution is -0.121. The van der Waals surface area contributed by atoms with E-state index >= 15 is 0 Å². The SMILES string of the molecule is Cc1cc(C)c(CC(=O)NNC(=S)Nc2cccc(Cl)c2)c(C)c1. The molecule has 6 heteroatoms. The number of anilines is 1. The predicted molar refractivity (Wildman–Crippen MR) is 103 cm³/mol. The summed E-state index contributed by atoms with van der Waals surface area (Å²) in [5.41, 5.74) is 10.5. The highest BCUT2D eigenvalue weighted by Crippen LogP contribution is 2.17. The molecule has 0 unspecified atom stereocenters. The van der Waals surface area contributed by atoms with E-state index in [1.54, 1.807) is 12.1 Å². The first-order valence-corrected chi connectivity index (χ1v) is 8.32. The Morgan fingerprint density at radius 1 is 1.08 bits per heavy atom. The first kappa shape index (κ1) is 18.2. The van der Waals surface area contributed by atoms with Crippen molar-refractivity contribution in [3.63, 3.8) is 0 Å². The molecule has 0 saturated carbocycles. The Morgan fingerprint density at radius 3 is 2.38 bits per heavy atom. The van der Waals surface area contributed by atoms with Gasteiger partial charge in [-0.3, -0.25) is 15.6 Å². The van der Waals surface area contributed by atoms with Crippen LogP contribution in [0.1, 0.15) is 22.3 Å². The molecule has 0 heterocycles. The zero-order valence-electron chi connectivity index (χ0n) is 13.9. The summed E-state index contributed by atoms with van der Waals surface area (Å²) in [5, 5.41) is 3.86. The van der Waals surface area contributed by atoms with Gasteiger partial charge in [-0.15, -0.1) is 0 Å². The summed E-state index contributed by atoms with van der Waals surface area (Å²) in [4.78, 5) is 12.1. The van der Waals surface area contributed by atoms with E-state index in [4.69, 9.17) is 23.8 Å². The summed E-state index contributed by atoms with van der Waals surface area (Å²) >= 11 is 11.1. The van der Waals surface area contributed by atoms with Gasteiger partial charge in [0.25, 0.3) is 0 Å². The Hall–Kier alpha value is -2.11. The molecule has 0 fully saturated rings. The number of rotatable bonds is 3. The van der Waals surface area contributed by atoms with Gasteiger partial charge in [0.2, 0.25) is 5.91 Å². The molecule has 0 bridgehead atoms. The first-order chi connectivity index (χ1) is 11.3. The third-order valence-corrected chi connectivity index (χ3v) is 4.01. The Morgan fingerprint density at radius 2 is 1.75 bits per heavy atom. The molecule has 126 valence electrons. The molecule has 1 amide bonds. The molecule has 0 aliphatic heterocycles. The van der Waals surface area contributed by atoms with Crippen LogP contribution in [0, 0.1) is 20.8 Å². The number of thiocarbonyl (C=S) groups is 1. The fraction of sp³-hybridized carbons (Fsp3) is 0.222. The standard InChI is InChI=1S/C18H20ClN3OS/c1-11-7-12(2)16(13(3)8-11)10-17(23)21-22-18(24)20-15-6-4-5-14(19)9-15/h4-9H,10H2,1-3H3,(H,21,23)(H2,20,22,24). The highest BCUT2D eigenvalue weighted by atomic mass is 35.5. The van der Waals surface area contributed by atoms with Crippen molar-refractivity contribution in [1.29, 1.82) is 0 Å². The topological polar surface area (TPSA) is 53.2 Å². The molecule has 0 aliphatic carbocycles. The lowest BCUT2D eigenvalue weighted by Gasteiger charge is -2.14. The fourth-order valence-corrected chi connectivity index (χ4v) is 2.91. The van der Waals surface area contributed by atoms with Crippen LogP contribution in [0.15, 0.2) is 36.4 Å². The van der Waals surface area contributed by atoms with Crippen LogP contribution in [0.25, 0.3) is 0 Å². The van der Waals surface area contributed by atoms with Gasteiger partial charge in [-0.1, -0.05) is 35.4 Å². The maximum atomic E-state index is 12.1. The van der Waals surface area contributed by atoms with Crippen LogP contribution >= 0.6 is 23.8 Å². The minimum Gasteiger partial charge on any atom is -0.331 e. The molecule has 2 rings (SSSR count). The second-order valence-electron chi connectivity index (χ2n) is 5.69. The van der Waals surface area contributed by atoms with E-state index in [1.807, 2.05) is 32.9 Å². The van der Waals surface area contributed by atoms with E-state index < -0.39 is 0 Å². The van der Waals surface area contributed by atoms with Gasteiger partial charge in [0, 0.05) is 10.7 Å². The minimum absolute atomic E-state index is 0.153. The van der Waals surface area contributed by atoms with Gasteiger partial charge in [-0.05, 0) is 67.9 Å². The molecule has 0 saturated heterocycles. The Balaban J connectivity index is 1.88. The lowest BCUT2D eigenvalue weighted by atomic mass is 9.97. The second-order valence-corrected chi connectivity index (χ2v) is 6.54. The van der Waals surface area contributed by atoms with Gasteiger partial charge in [-0.25, -0.2) is 0 Å². The number of aryl methyl sites for hydroxylation is 3. The Bertz CT molecular complexity index is 754. The maximum Gasteiger partial charge on any atom is 0.242 e. The number of hydrogen-bond donors (Lipinski definition) is 3. The summed E-state index contributed by atoms with van der Waals surface area (Å²) in [6.07, 6.45) is 0.296. The Labute approximate surface area is 152 Å². The number of hydrogen-bond acceptors (Lipinski definition) is 2. The second kappa shape index (κ2) is 8.13. The molecule has 2 aromatic carbocycles. The van der Waals surface area contributed by atoms with E-state index in [0.29, 0.717) is 16.6 Å². The lowest BCUT2D eigenvalue weighted by Crippen LogP contribution is -2.44. The zero-order chi connectivity index (χ0) is 17.7. The number of benzene rings is 2. The summed E-state index contributed by atoms with van der Waals surface area (Å²) in [6, 6.07) is 11.3. The van der Waals surface area contributed by atoms with Gasteiger partial charge in [-0.2, -0.15) is 0 Å². The van der Waals surface area contributed by atoms with E-state index in [0.717, 1.165) is 22.4 Å². The van der Waals surface area contributed by atoms with Crippen molar-refractivity contribution in [3.05, 3.63) is 63.7 Å². The van der Waals surface area contributed by atoms with Gasteiger partial charge < -0.3 is 5.32 Å². The third kappa shape index (κ3) is 5.22. The van der Waals surface area contributed by atoms with E-state index in [1.165, 1.54) is 5.56 Å². The molecule has 3 N–H and O–H groups in total. The molecular formula is C18H20ClN3OS. The van der Waals surface area contributed by atoms with Gasteiger partial charge in [0.1, 0.15) is 0 Å². The predicted octanol–water partition coefficient (Wildman–Crippen LogP) is 3.83. The number of nitrogens with one attached hydrogen (secondary N) is 3. The Kier molecular flexibility index (Phi) is 6.17. The van der Waals surface area contributed by atoms with Crippen LogP contribution in [0.3, 0.4) is 0 Å². The number of hydrazine groups is 1. The smallest absolute Gasteiger partial charge is 0.242 e. The van der Waals surface area contributed by atoms with Crippen LogP contribution in [-0.2, 0) is 11.2 Å². The van der Waals surface area contributed by atoms with Crippen molar-refractivity contribution >= 4 is 40.5 Å². The molecule has 24 heavy (non-hydrogen) atoms. The summed E-state index contributed by atoms with van der Waals surface area (Å²) in [5.74, 6) is -0.153. The quantitative estimate of drug-likeness (QED) is 0.574. The highest BCUT2D eigenvalue weighted by Gasteiger charge is 2.09. The van der Waals surface area contributed by atoms with E-state index in [2.05, 4.69) is 28.3 Å². The van der Waals surface area contributed by atoms with Crippen molar-refractivity contribution < 1.29 is 4.79 Å². The zero-order valence-corrected chi connectivity index (χ0v) is 15.4. The van der Waals surface area contributed by atoms with Crippen LogP contribution < -0.4 is 16.2 Å². The highest BCUT2D eigenvalue weighted by molar-refractivity contribution is 7.80. The molecule has 0 atom stereocenters. The monoisotopic (exact) mass is 361 g/mol. The number of carbonyl (C=O) groups is 1. The number of halogens is 1. The van der Waals surface area contributed by atoms with E-state index in [-0.39, 0.29) is 5.91 Å². The number of amides is 1. The van der Waals surface area contributed by atoms with Crippen molar-refractivity contribution in [1.82, 2.24) is 10.9 Å². The van der Waals surface area contributed by atoms with Crippen molar-refractivity contribution in [2.24, 2.45) is 0 Å². The van der Waals surface area contributed by atoms with Crippen LogP contribution in [0.2, 0.25) is 5.02 Å². The average Bonchev–Trinajstić information content (AvgIpc) is 2.49. The van der Waals surface area contributed by atoms with Gasteiger partial charge >= 0.3 is 0 Å². The maximum absolute atomic E-state index is 12.1. The van der Waals surface area contributed by atoms with Crippen LogP contribution in [-0.4, -0.2) is 11.0 Å². The van der Waals surface area contributed by atoms with Crippen molar-refractivity contribution in [2.45, 2.75) is 27.2 Å². The third-order valence-electron chi connectivity index (χ3n) is 3.58. The van der Waals surface area contributed by atoms with Gasteiger partial charge in [0.15, 0.2) is 5.11 Å². The summed E-state index contributed by atoms with van der Waals surface area (Å²) < 4.78 is 0. The molecule has 0 radical (unpaired) electrons. The fourth-order valence-electron chi connectivity index (χ4n) is 2.55. The molecule has 0 spiro atoms. The molecular weight excluding hydrogens is 342 g/mol. The van der Waals surface area contributed by atoms with E-state index in [9.17, 15) is 4.79 Å². The minimum atomic E-state index is -0.153. The number of carbonyl (C=O) groups excluding carboxylic acids is 1. The molecule has 0 aromatic heterocycles. The molecule has 4 nitrogen and oxygen atoms in total. The molecule has 0 aliphatic rings.